The molecule has 0 aliphatic heterocycles. The predicted molar refractivity (Wildman–Crippen MR) is 113 cm³/mol. The predicted octanol–water partition coefficient (Wildman–Crippen LogP) is 3.43. The Morgan fingerprint density at radius 1 is 1.00 bits per heavy atom. The highest BCUT2D eigenvalue weighted by Gasteiger charge is 2.08. The van der Waals surface area contributed by atoms with Gasteiger partial charge in [-0.3, -0.25) is 9.59 Å². The Labute approximate surface area is 166 Å². The van der Waals surface area contributed by atoms with Gasteiger partial charge in [0.25, 0.3) is 5.91 Å². The zero-order chi connectivity index (χ0) is 20.5. The second-order valence-electron chi connectivity index (χ2n) is 6.86. The lowest BCUT2D eigenvalue weighted by Crippen LogP contribution is -2.25. The molecule has 6 heteroatoms. The lowest BCUT2D eigenvalue weighted by atomic mass is 10.1. The molecule has 2 rings (SSSR count). The van der Waals surface area contributed by atoms with E-state index in [-0.39, 0.29) is 18.4 Å². The lowest BCUT2D eigenvalue weighted by molar-refractivity contribution is -0.114. The van der Waals surface area contributed by atoms with Gasteiger partial charge in [0.05, 0.1) is 6.54 Å². The van der Waals surface area contributed by atoms with Crippen molar-refractivity contribution in [2.24, 2.45) is 0 Å². The lowest BCUT2D eigenvalue weighted by Gasteiger charge is -2.14. The highest BCUT2D eigenvalue weighted by molar-refractivity contribution is 5.96. The third-order valence-corrected chi connectivity index (χ3v) is 4.34. The Hall–Kier alpha value is -2.86. The molecule has 0 spiro atoms. The van der Waals surface area contributed by atoms with E-state index in [9.17, 15) is 9.59 Å². The first-order valence-electron chi connectivity index (χ1n) is 9.39. The topological polar surface area (TPSA) is 79.5 Å². The van der Waals surface area contributed by atoms with Crippen molar-refractivity contribution < 1.29 is 14.3 Å². The standard InChI is InChI=1S/C22H29N3O3/c1-15-12-16(2)21(17(3)13-15)24-14-20(26)25-19-8-6-18(7-9-19)22(27)23-10-5-11-28-4/h6-9,12-13,24H,5,10-11,14H2,1-4H3,(H,23,27)(H,25,26). The van der Waals surface area contributed by atoms with Crippen molar-refractivity contribution in [3.8, 4) is 0 Å². The molecule has 0 bridgehead atoms. The highest BCUT2D eigenvalue weighted by atomic mass is 16.5. The van der Waals surface area contributed by atoms with Crippen molar-refractivity contribution in [2.75, 3.05) is 37.4 Å². The van der Waals surface area contributed by atoms with Crippen LogP contribution in [0.15, 0.2) is 36.4 Å². The van der Waals surface area contributed by atoms with Gasteiger partial charge in [-0.1, -0.05) is 17.7 Å². The Balaban J connectivity index is 1.85. The molecular formula is C22H29N3O3. The Kier molecular flexibility index (Phi) is 8.02. The van der Waals surface area contributed by atoms with Crippen molar-refractivity contribution in [2.45, 2.75) is 27.2 Å². The molecule has 2 aromatic carbocycles. The summed E-state index contributed by atoms with van der Waals surface area (Å²) in [6, 6.07) is 11.0. The average molecular weight is 383 g/mol. The number of aryl methyl sites for hydroxylation is 3. The van der Waals surface area contributed by atoms with Gasteiger partial charge in [0.2, 0.25) is 5.91 Å². The van der Waals surface area contributed by atoms with Crippen molar-refractivity contribution in [3.63, 3.8) is 0 Å². The number of hydrogen-bond acceptors (Lipinski definition) is 4. The zero-order valence-electron chi connectivity index (χ0n) is 17.0. The Morgan fingerprint density at radius 2 is 1.64 bits per heavy atom. The molecule has 3 N–H and O–H groups in total. The van der Waals surface area contributed by atoms with E-state index in [1.165, 1.54) is 5.56 Å². The molecule has 0 atom stereocenters. The van der Waals surface area contributed by atoms with Crippen molar-refractivity contribution >= 4 is 23.2 Å². The van der Waals surface area contributed by atoms with Gasteiger partial charge < -0.3 is 20.7 Å². The van der Waals surface area contributed by atoms with Gasteiger partial charge in [-0.15, -0.1) is 0 Å². The number of carbonyl (C=O) groups excluding carboxylic acids is 2. The van der Waals surface area contributed by atoms with E-state index in [0.717, 1.165) is 23.2 Å². The molecule has 0 aliphatic rings. The van der Waals surface area contributed by atoms with Crippen LogP contribution < -0.4 is 16.0 Å². The number of methoxy groups -OCH3 is 1. The maximum absolute atomic E-state index is 12.2. The van der Waals surface area contributed by atoms with E-state index in [1.54, 1.807) is 31.4 Å². The monoisotopic (exact) mass is 383 g/mol. The smallest absolute Gasteiger partial charge is 0.251 e. The molecule has 0 saturated carbocycles. The molecule has 2 aromatic rings. The number of benzene rings is 2. The van der Waals surface area contributed by atoms with E-state index in [2.05, 4.69) is 35.0 Å². The molecule has 0 heterocycles. The molecule has 150 valence electrons. The van der Waals surface area contributed by atoms with E-state index in [1.807, 2.05) is 13.8 Å². The first-order chi connectivity index (χ1) is 13.4. The maximum Gasteiger partial charge on any atom is 0.251 e. The summed E-state index contributed by atoms with van der Waals surface area (Å²) in [5.41, 5.74) is 5.63. The molecule has 0 fully saturated rings. The average Bonchev–Trinajstić information content (AvgIpc) is 2.64. The SMILES string of the molecule is COCCCNC(=O)c1ccc(NC(=O)CNc2c(C)cc(C)cc2C)cc1. The van der Waals surface area contributed by atoms with Gasteiger partial charge in [0, 0.05) is 37.2 Å². The van der Waals surface area contributed by atoms with Crippen molar-refractivity contribution in [1.82, 2.24) is 5.32 Å². The third-order valence-electron chi connectivity index (χ3n) is 4.34. The normalized spacial score (nSPS) is 10.4. The fourth-order valence-electron chi connectivity index (χ4n) is 3.06. The van der Waals surface area contributed by atoms with Crippen LogP contribution in [-0.2, 0) is 9.53 Å². The van der Waals surface area contributed by atoms with Gasteiger partial charge in [-0.2, -0.15) is 0 Å². The summed E-state index contributed by atoms with van der Waals surface area (Å²) in [6.07, 6.45) is 0.767. The molecule has 0 radical (unpaired) electrons. The maximum atomic E-state index is 12.2. The molecular weight excluding hydrogens is 354 g/mol. The van der Waals surface area contributed by atoms with Gasteiger partial charge in [0.1, 0.15) is 0 Å². The van der Waals surface area contributed by atoms with Crippen molar-refractivity contribution in [3.05, 3.63) is 58.7 Å². The first kappa shape index (κ1) is 21.4. The largest absolute Gasteiger partial charge is 0.385 e. The highest BCUT2D eigenvalue weighted by Crippen LogP contribution is 2.21. The van der Waals surface area contributed by atoms with E-state index < -0.39 is 0 Å². The van der Waals surface area contributed by atoms with E-state index in [0.29, 0.717) is 24.4 Å². The summed E-state index contributed by atoms with van der Waals surface area (Å²) in [7, 11) is 1.63. The fourth-order valence-corrected chi connectivity index (χ4v) is 3.06. The number of carbonyl (C=O) groups is 2. The number of nitrogens with one attached hydrogen (secondary N) is 3. The zero-order valence-corrected chi connectivity index (χ0v) is 17.0. The number of ether oxygens (including phenoxy) is 1. The molecule has 6 nitrogen and oxygen atoms in total. The Morgan fingerprint density at radius 3 is 2.25 bits per heavy atom. The number of amides is 2. The number of anilines is 2. The number of rotatable bonds is 9. The van der Waals surface area contributed by atoms with E-state index in [4.69, 9.17) is 4.74 Å². The van der Waals surface area contributed by atoms with Crippen LogP contribution in [0.5, 0.6) is 0 Å². The van der Waals surface area contributed by atoms with E-state index >= 15 is 0 Å². The molecule has 0 aliphatic carbocycles. The summed E-state index contributed by atoms with van der Waals surface area (Å²) in [6.45, 7) is 7.46. The summed E-state index contributed by atoms with van der Waals surface area (Å²) < 4.78 is 4.95. The minimum atomic E-state index is -0.142. The van der Waals surface area contributed by atoms with Crippen LogP contribution >= 0.6 is 0 Å². The third kappa shape index (κ3) is 6.39. The second-order valence-corrected chi connectivity index (χ2v) is 6.86. The fraction of sp³-hybridized carbons (Fsp3) is 0.364. The van der Waals surface area contributed by atoms with Gasteiger partial charge >= 0.3 is 0 Å². The molecule has 0 saturated heterocycles. The quantitative estimate of drug-likeness (QED) is 0.580. The van der Waals surface area contributed by atoms with Gasteiger partial charge in [-0.05, 0) is 62.6 Å². The summed E-state index contributed by atoms with van der Waals surface area (Å²) in [5.74, 6) is -0.280. The second kappa shape index (κ2) is 10.5. The van der Waals surface area contributed by atoms with Gasteiger partial charge in [-0.25, -0.2) is 0 Å². The van der Waals surface area contributed by atoms with Crippen LogP contribution in [0.3, 0.4) is 0 Å². The minimum Gasteiger partial charge on any atom is -0.385 e. The number of hydrogen-bond donors (Lipinski definition) is 3. The minimum absolute atomic E-state index is 0.138. The van der Waals surface area contributed by atoms with Crippen LogP contribution in [0.1, 0.15) is 33.5 Å². The summed E-state index contributed by atoms with van der Waals surface area (Å²) in [4.78, 5) is 24.3. The summed E-state index contributed by atoms with van der Waals surface area (Å²) >= 11 is 0. The molecule has 2 amide bonds. The van der Waals surface area contributed by atoms with Gasteiger partial charge in [0.15, 0.2) is 0 Å². The summed E-state index contributed by atoms with van der Waals surface area (Å²) in [5, 5.41) is 8.87. The Bertz CT molecular complexity index is 793. The van der Waals surface area contributed by atoms with Crippen LogP contribution in [0.4, 0.5) is 11.4 Å². The van der Waals surface area contributed by atoms with Crippen LogP contribution in [0.2, 0.25) is 0 Å². The van der Waals surface area contributed by atoms with Crippen LogP contribution in [-0.4, -0.2) is 38.6 Å². The molecule has 28 heavy (non-hydrogen) atoms. The van der Waals surface area contributed by atoms with Crippen molar-refractivity contribution in [1.29, 1.82) is 0 Å². The molecule has 0 unspecified atom stereocenters. The molecule has 0 aromatic heterocycles. The van der Waals surface area contributed by atoms with Crippen LogP contribution in [0, 0.1) is 20.8 Å². The van der Waals surface area contributed by atoms with Crippen LogP contribution in [0.25, 0.3) is 0 Å². The first-order valence-corrected chi connectivity index (χ1v) is 9.39.